The van der Waals surface area contributed by atoms with Crippen molar-refractivity contribution in [1.82, 2.24) is 20.1 Å². The van der Waals surface area contributed by atoms with Gasteiger partial charge in [-0.1, -0.05) is 35.0 Å². The molecule has 0 amide bonds. The number of aromatic amines is 1. The molecule has 5 nitrogen and oxygen atoms in total. The van der Waals surface area contributed by atoms with Crippen LogP contribution in [-0.4, -0.2) is 58.7 Å². The molecule has 8 heteroatoms. The van der Waals surface area contributed by atoms with E-state index < -0.39 is 0 Å². The number of benzene rings is 1. The van der Waals surface area contributed by atoms with Crippen molar-refractivity contribution in [3.8, 4) is 11.4 Å². The van der Waals surface area contributed by atoms with Gasteiger partial charge in [-0.25, -0.2) is 0 Å². The summed E-state index contributed by atoms with van der Waals surface area (Å²) < 4.78 is 5.34. The molecule has 0 radical (unpaired) electrons. The van der Waals surface area contributed by atoms with Gasteiger partial charge in [0.1, 0.15) is 0 Å². The highest BCUT2D eigenvalue weighted by Crippen LogP contribution is 2.27. The topological polar surface area (TPSA) is 54.0 Å². The molecular weight excluding hydrogens is 343 g/mol. The van der Waals surface area contributed by atoms with E-state index >= 15 is 0 Å². The lowest BCUT2D eigenvalue weighted by molar-refractivity contribution is 0.0410. The summed E-state index contributed by atoms with van der Waals surface area (Å²) in [6, 6.07) is 5.41. The minimum atomic E-state index is 0.511. The van der Waals surface area contributed by atoms with E-state index in [1.807, 2.05) is 6.07 Å². The van der Waals surface area contributed by atoms with Crippen LogP contribution in [0.25, 0.3) is 11.4 Å². The highest BCUT2D eigenvalue weighted by atomic mass is 35.5. The van der Waals surface area contributed by atoms with E-state index in [-0.39, 0.29) is 0 Å². The lowest BCUT2D eigenvalue weighted by Gasteiger charge is -2.25. The third-order valence-electron chi connectivity index (χ3n) is 3.41. The molecule has 0 aliphatic carbocycles. The Kier molecular flexibility index (Phi) is 5.60. The van der Waals surface area contributed by atoms with Gasteiger partial charge in [0, 0.05) is 31.0 Å². The van der Waals surface area contributed by atoms with E-state index in [9.17, 15) is 0 Å². The van der Waals surface area contributed by atoms with E-state index in [2.05, 4.69) is 20.1 Å². The zero-order valence-electron chi connectivity index (χ0n) is 11.9. The zero-order chi connectivity index (χ0) is 15.4. The number of hydrogen-bond acceptors (Lipinski definition) is 5. The van der Waals surface area contributed by atoms with Gasteiger partial charge >= 0.3 is 0 Å². The molecule has 0 unspecified atom stereocenters. The molecule has 0 atom stereocenters. The van der Waals surface area contributed by atoms with Crippen molar-refractivity contribution in [1.29, 1.82) is 0 Å². The smallest absolute Gasteiger partial charge is 0.188 e. The number of nitrogens with one attached hydrogen (secondary N) is 1. The number of H-pyrrole nitrogens is 1. The molecule has 0 spiro atoms. The minimum Gasteiger partial charge on any atom is -0.379 e. The molecule has 1 fully saturated rings. The first-order valence-electron chi connectivity index (χ1n) is 7.03. The second kappa shape index (κ2) is 7.66. The lowest BCUT2D eigenvalue weighted by atomic mass is 10.2. The third-order valence-corrected chi connectivity index (χ3v) is 4.99. The van der Waals surface area contributed by atoms with Gasteiger partial charge in [0.15, 0.2) is 11.0 Å². The van der Waals surface area contributed by atoms with Crippen molar-refractivity contribution in [3.63, 3.8) is 0 Å². The Morgan fingerprint density at radius 1 is 1.18 bits per heavy atom. The highest BCUT2D eigenvalue weighted by Gasteiger charge is 2.11. The van der Waals surface area contributed by atoms with Crippen molar-refractivity contribution in [2.45, 2.75) is 5.16 Å². The van der Waals surface area contributed by atoms with Gasteiger partial charge in [0.05, 0.1) is 23.3 Å². The fourth-order valence-corrected chi connectivity index (χ4v) is 3.29. The van der Waals surface area contributed by atoms with E-state index in [0.29, 0.717) is 15.9 Å². The van der Waals surface area contributed by atoms with Gasteiger partial charge in [0.2, 0.25) is 0 Å². The predicted octanol–water partition coefficient (Wildman–Crippen LogP) is 3.20. The average molecular weight is 359 g/mol. The fourth-order valence-electron chi connectivity index (χ4n) is 2.18. The first-order valence-corrected chi connectivity index (χ1v) is 8.77. The van der Waals surface area contributed by atoms with E-state index in [1.54, 1.807) is 23.9 Å². The Morgan fingerprint density at radius 3 is 2.77 bits per heavy atom. The lowest BCUT2D eigenvalue weighted by Crippen LogP contribution is -2.37. The molecule has 1 aromatic carbocycles. The molecule has 118 valence electrons. The first-order chi connectivity index (χ1) is 10.7. The Hall–Kier alpha value is -0.790. The second-order valence-electron chi connectivity index (χ2n) is 4.91. The normalized spacial score (nSPS) is 16.1. The van der Waals surface area contributed by atoms with Crippen LogP contribution in [-0.2, 0) is 4.74 Å². The molecule has 1 aromatic heterocycles. The van der Waals surface area contributed by atoms with Crippen molar-refractivity contribution < 1.29 is 4.74 Å². The SMILES string of the molecule is Clc1ccc(-c2nnc(SCCN3CCOCC3)[nH]2)cc1Cl. The van der Waals surface area contributed by atoms with E-state index in [4.69, 9.17) is 27.9 Å². The molecule has 0 saturated carbocycles. The molecule has 2 heterocycles. The third kappa shape index (κ3) is 4.14. The van der Waals surface area contributed by atoms with Crippen LogP contribution in [0.1, 0.15) is 0 Å². The summed E-state index contributed by atoms with van der Waals surface area (Å²) in [5, 5.41) is 10.2. The molecular formula is C14H16Cl2N4OS. The van der Waals surface area contributed by atoms with Gasteiger partial charge in [-0.3, -0.25) is 4.90 Å². The summed E-state index contributed by atoms with van der Waals surface area (Å²) in [6.07, 6.45) is 0. The van der Waals surface area contributed by atoms with E-state index in [1.165, 1.54) is 0 Å². The maximum Gasteiger partial charge on any atom is 0.188 e. The Balaban J connectivity index is 1.55. The van der Waals surface area contributed by atoms with E-state index in [0.717, 1.165) is 49.3 Å². The minimum absolute atomic E-state index is 0.511. The van der Waals surface area contributed by atoms with Gasteiger partial charge in [-0.2, -0.15) is 0 Å². The van der Waals surface area contributed by atoms with Gasteiger partial charge in [0.25, 0.3) is 0 Å². The van der Waals surface area contributed by atoms with Crippen LogP contribution >= 0.6 is 35.0 Å². The standard InChI is InChI=1S/C14H16Cl2N4OS/c15-11-2-1-10(9-12(11)16)13-17-14(19-18-13)22-8-5-20-3-6-21-7-4-20/h1-2,9H,3-8H2,(H,17,18,19). The maximum absolute atomic E-state index is 6.03. The zero-order valence-corrected chi connectivity index (χ0v) is 14.2. The monoisotopic (exact) mass is 358 g/mol. The molecule has 1 saturated heterocycles. The summed E-state index contributed by atoms with van der Waals surface area (Å²) in [5.41, 5.74) is 0.877. The maximum atomic E-state index is 6.03. The first kappa shape index (κ1) is 16.1. The highest BCUT2D eigenvalue weighted by molar-refractivity contribution is 7.99. The van der Waals surface area contributed by atoms with Gasteiger partial charge in [-0.05, 0) is 18.2 Å². The number of morpholine rings is 1. The van der Waals surface area contributed by atoms with Crippen LogP contribution in [0.3, 0.4) is 0 Å². The fraction of sp³-hybridized carbons (Fsp3) is 0.429. The Morgan fingerprint density at radius 2 is 2.00 bits per heavy atom. The average Bonchev–Trinajstić information content (AvgIpc) is 3.00. The van der Waals surface area contributed by atoms with Crippen molar-refractivity contribution in [3.05, 3.63) is 28.2 Å². The van der Waals surface area contributed by atoms with Crippen LogP contribution in [0, 0.1) is 0 Å². The molecule has 1 aliphatic heterocycles. The largest absolute Gasteiger partial charge is 0.379 e. The Labute approximate surface area is 143 Å². The van der Waals surface area contributed by atoms with Crippen LogP contribution < -0.4 is 0 Å². The quantitative estimate of drug-likeness (QED) is 0.831. The number of halogens is 2. The van der Waals surface area contributed by atoms with Crippen LogP contribution in [0.2, 0.25) is 10.0 Å². The number of thioether (sulfide) groups is 1. The predicted molar refractivity (Wildman–Crippen MR) is 89.8 cm³/mol. The number of hydrogen-bond donors (Lipinski definition) is 1. The number of nitrogens with zero attached hydrogens (tertiary/aromatic N) is 3. The molecule has 1 aliphatic rings. The van der Waals surface area contributed by atoms with Crippen LogP contribution in [0.5, 0.6) is 0 Å². The van der Waals surface area contributed by atoms with Gasteiger partial charge < -0.3 is 9.72 Å². The number of ether oxygens (including phenoxy) is 1. The van der Waals surface area contributed by atoms with Crippen molar-refractivity contribution >= 4 is 35.0 Å². The molecule has 0 bridgehead atoms. The molecule has 22 heavy (non-hydrogen) atoms. The summed E-state index contributed by atoms with van der Waals surface area (Å²) in [4.78, 5) is 5.61. The van der Waals surface area contributed by atoms with Crippen molar-refractivity contribution in [2.75, 3.05) is 38.6 Å². The van der Waals surface area contributed by atoms with Gasteiger partial charge in [-0.15, -0.1) is 10.2 Å². The number of rotatable bonds is 5. The second-order valence-corrected chi connectivity index (χ2v) is 6.81. The van der Waals surface area contributed by atoms with Crippen LogP contribution in [0.15, 0.2) is 23.4 Å². The molecule has 1 N–H and O–H groups in total. The summed E-state index contributed by atoms with van der Waals surface area (Å²) in [6.45, 7) is 4.69. The summed E-state index contributed by atoms with van der Waals surface area (Å²) >= 11 is 13.6. The number of aromatic nitrogens is 3. The van der Waals surface area contributed by atoms with Crippen molar-refractivity contribution in [2.24, 2.45) is 0 Å². The summed E-state index contributed by atoms with van der Waals surface area (Å²) in [5.74, 6) is 1.67. The molecule has 3 rings (SSSR count). The molecule has 2 aromatic rings. The Bertz CT molecular complexity index is 631. The summed E-state index contributed by atoms with van der Waals surface area (Å²) in [7, 11) is 0. The van der Waals surface area contributed by atoms with Crippen LogP contribution in [0.4, 0.5) is 0 Å².